The molecule has 0 radical (unpaired) electrons. The topological polar surface area (TPSA) is 69.4 Å². The lowest BCUT2D eigenvalue weighted by Crippen LogP contribution is -2.09. The Hall–Kier alpha value is -1.34. The van der Waals surface area contributed by atoms with E-state index in [9.17, 15) is 4.79 Å². The van der Waals surface area contributed by atoms with Gasteiger partial charge in [0.15, 0.2) is 5.15 Å². The summed E-state index contributed by atoms with van der Waals surface area (Å²) in [5, 5.41) is 4.80. The van der Waals surface area contributed by atoms with Gasteiger partial charge in [-0.3, -0.25) is 0 Å². The molecule has 0 aromatic carbocycles. The van der Waals surface area contributed by atoms with Gasteiger partial charge in [0, 0.05) is 6.20 Å². The summed E-state index contributed by atoms with van der Waals surface area (Å²) in [6.07, 6.45) is 3.18. The summed E-state index contributed by atoms with van der Waals surface area (Å²) >= 11 is 7.42. The number of hydrogen-bond acceptors (Lipinski definition) is 6. The third-order valence-corrected chi connectivity index (χ3v) is 2.87. The number of rotatable bonds is 3. The number of carbonyl (C=O) groups is 1. The largest absolute Gasteiger partial charge is 0.462 e. The van der Waals surface area contributed by atoms with Crippen molar-refractivity contribution in [3.8, 4) is 0 Å². The Morgan fingerprint density at radius 1 is 1.65 bits per heavy atom. The molecule has 0 atom stereocenters. The average molecular weight is 273 g/mol. The zero-order valence-corrected chi connectivity index (χ0v) is 10.7. The molecule has 0 aliphatic rings. The molecule has 2 aromatic rings. The van der Waals surface area contributed by atoms with Crippen molar-refractivity contribution in [3.05, 3.63) is 16.9 Å². The van der Waals surface area contributed by atoms with Crippen molar-refractivity contribution in [1.82, 2.24) is 19.6 Å². The van der Waals surface area contributed by atoms with Crippen molar-refractivity contribution in [1.29, 1.82) is 0 Å². The normalized spacial score (nSPS) is 10.8. The van der Waals surface area contributed by atoms with Gasteiger partial charge in [-0.15, -0.1) is 5.10 Å². The number of nitrogens with zero attached hydrogens (tertiary/aromatic N) is 4. The highest BCUT2D eigenvalue weighted by atomic mass is 35.5. The van der Waals surface area contributed by atoms with Crippen molar-refractivity contribution in [2.45, 2.75) is 12.1 Å². The summed E-state index contributed by atoms with van der Waals surface area (Å²) in [4.78, 5) is 19.7. The molecule has 90 valence electrons. The number of carbonyl (C=O) groups excluding carboxylic acids is 1. The van der Waals surface area contributed by atoms with Crippen LogP contribution in [0.15, 0.2) is 11.4 Å². The van der Waals surface area contributed by atoms with Crippen molar-refractivity contribution in [2.24, 2.45) is 0 Å². The monoisotopic (exact) mass is 272 g/mol. The van der Waals surface area contributed by atoms with Gasteiger partial charge >= 0.3 is 5.97 Å². The zero-order chi connectivity index (χ0) is 12.4. The molecule has 2 rings (SSSR count). The second-order valence-electron chi connectivity index (χ2n) is 2.99. The zero-order valence-electron chi connectivity index (χ0n) is 9.18. The minimum atomic E-state index is -0.520. The van der Waals surface area contributed by atoms with Gasteiger partial charge in [-0.05, 0) is 13.2 Å². The van der Waals surface area contributed by atoms with E-state index in [-0.39, 0.29) is 17.3 Å². The van der Waals surface area contributed by atoms with Gasteiger partial charge in [0.1, 0.15) is 5.56 Å². The van der Waals surface area contributed by atoms with Crippen LogP contribution in [0.4, 0.5) is 0 Å². The molecule has 2 heterocycles. The van der Waals surface area contributed by atoms with Crippen LogP contribution in [-0.2, 0) is 4.74 Å². The molecule has 6 nitrogen and oxygen atoms in total. The van der Waals surface area contributed by atoms with Crippen LogP contribution in [0.25, 0.3) is 5.78 Å². The van der Waals surface area contributed by atoms with E-state index in [1.54, 1.807) is 6.92 Å². The first kappa shape index (κ1) is 12.1. The van der Waals surface area contributed by atoms with E-state index in [0.717, 1.165) is 0 Å². The van der Waals surface area contributed by atoms with Crippen molar-refractivity contribution >= 4 is 35.1 Å². The maximum Gasteiger partial charge on any atom is 0.342 e. The molecule has 17 heavy (non-hydrogen) atoms. The molecular formula is C9H9ClN4O2S. The van der Waals surface area contributed by atoms with E-state index in [2.05, 4.69) is 15.1 Å². The Balaban J connectivity index is 2.52. The molecule has 0 spiro atoms. The second-order valence-corrected chi connectivity index (χ2v) is 4.12. The Bertz CT molecular complexity index is 571. The predicted octanol–water partition coefficient (Wildman–Crippen LogP) is 1.68. The first-order valence-corrected chi connectivity index (χ1v) is 6.40. The number of ether oxygens (including phenoxy) is 1. The minimum absolute atomic E-state index is 0.154. The molecule has 0 aliphatic carbocycles. The summed E-state index contributed by atoms with van der Waals surface area (Å²) in [5.41, 5.74) is 0.179. The fourth-order valence-corrected chi connectivity index (χ4v) is 1.80. The molecule has 0 amide bonds. The molecule has 0 unspecified atom stereocenters. The van der Waals surface area contributed by atoms with Crippen molar-refractivity contribution in [2.75, 3.05) is 12.9 Å². The number of esters is 1. The summed E-state index contributed by atoms with van der Waals surface area (Å²) in [6, 6.07) is 0. The van der Waals surface area contributed by atoms with Gasteiger partial charge < -0.3 is 4.74 Å². The number of fused-ring (bicyclic) bond motifs is 1. The smallest absolute Gasteiger partial charge is 0.342 e. The third kappa shape index (κ3) is 2.20. The maximum absolute atomic E-state index is 11.6. The molecule has 0 aliphatic heterocycles. The van der Waals surface area contributed by atoms with E-state index in [1.165, 1.54) is 22.5 Å². The van der Waals surface area contributed by atoms with Crippen molar-refractivity contribution < 1.29 is 9.53 Å². The predicted molar refractivity (Wildman–Crippen MR) is 63.5 cm³/mol. The summed E-state index contributed by atoms with van der Waals surface area (Å²) < 4.78 is 6.18. The molecular weight excluding hydrogens is 264 g/mol. The second kappa shape index (κ2) is 4.89. The molecule has 0 N–H and O–H groups in total. The van der Waals surface area contributed by atoms with Gasteiger partial charge in [-0.25, -0.2) is 9.78 Å². The first-order valence-electron chi connectivity index (χ1n) is 4.79. The SMILES string of the molecule is CCOC(=O)c1cnc2nc(SC)nn2c1Cl. The minimum Gasteiger partial charge on any atom is -0.462 e. The van der Waals surface area contributed by atoms with Gasteiger partial charge in [0.2, 0.25) is 5.16 Å². The Labute approximate surface area is 106 Å². The number of aromatic nitrogens is 4. The fourth-order valence-electron chi connectivity index (χ4n) is 1.22. The van der Waals surface area contributed by atoms with E-state index in [0.29, 0.717) is 10.9 Å². The number of hydrogen-bond donors (Lipinski definition) is 0. The van der Waals surface area contributed by atoms with Gasteiger partial charge in [0.25, 0.3) is 5.78 Å². The van der Waals surface area contributed by atoms with Crippen LogP contribution in [0.1, 0.15) is 17.3 Å². The molecule has 0 saturated heterocycles. The average Bonchev–Trinajstić information content (AvgIpc) is 2.73. The maximum atomic E-state index is 11.6. The van der Waals surface area contributed by atoms with Crippen molar-refractivity contribution in [3.63, 3.8) is 0 Å². The van der Waals surface area contributed by atoms with Crippen LogP contribution in [-0.4, -0.2) is 38.4 Å². The highest BCUT2D eigenvalue weighted by Gasteiger charge is 2.17. The summed E-state index contributed by atoms with van der Waals surface area (Å²) in [7, 11) is 0. The van der Waals surface area contributed by atoms with Gasteiger partial charge in [0.05, 0.1) is 6.61 Å². The van der Waals surface area contributed by atoms with Crippen LogP contribution in [0.5, 0.6) is 0 Å². The highest BCUT2D eigenvalue weighted by molar-refractivity contribution is 7.98. The van der Waals surface area contributed by atoms with E-state index in [4.69, 9.17) is 16.3 Å². The van der Waals surface area contributed by atoms with E-state index in [1.807, 2.05) is 6.26 Å². The Kier molecular flexibility index (Phi) is 3.49. The molecule has 0 fully saturated rings. The quantitative estimate of drug-likeness (QED) is 0.481. The first-order chi connectivity index (χ1) is 8.17. The number of halogens is 1. The van der Waals surface area contributed by atoms with Gasteiger partial charge in [-0.2, -0.15) is 9.50 Å². The molecule has 2 aromatic heterocycles. The van der Waals surface area contributed by atoms with E-state index >= 15 is 0 Å². The molecule has 0 bridgehead atoms. The fraction of sp³-hybridized carbons (Fsp3) is 0.333. The molecule has 8 heteroatoms. The van der Waals surface area contributed by atoms with Crippen LogP contribution in [0, 0.1) is 0 Å². The summed E-state index contributed by atoms with van der Waals surface area (Å²) in [5.74, 6) is -0.166. The molecule has 0 saturated carbocycles. The van der Waals surface area contributed by atoms with Crippen LogP contribution in [0.3, 0.4) is 0 Å². The van der Waals surface area contributed by atoms with Gasteiger partial charge in [-0.1, -0.05) is 23.4 Å². The highest BCUT2D eigenvalue weighted by Crippen LogP contribution is 2.18. The lowest BCUT2D eigenvalue weighted by atomic mass is 10.3. The van der Waals surface area contributed by atoms with Crippen LogP contribution in [0.2, 0.25) is 5.15 Å². The standard InChI is InChI=1S/C9H9ClN4O2S/c1-3-16-7(15)5-4-11-8-12-9(17-2)13-14(8)6(5)10/h4H,3H2,1-2H3. The third-order valence-electron chi connectivity index (χ3n) is 1.97. The Morgan fingerprint density at radius 3 is 3.06 bits per heavy atom. The lowest BCUT2D eigenvalue weighted by molar-refractivity contribution is 0.0525. The Morgan fingerprint density at radius 2 is 2.41 bits per heavy atom. The van der Waals surface area contributed by atoms with Crippen LogP contribution < -0.4 is 0 Å². The number of thioether (sulfide) groups is 1. The van der Waals surface area contributed by atoms with E-state index < -0.39 is 5.97 Å². The van der Waals surface area contributed by atoms with Crippen LogP contribution >= 0.6 is 23.4 Å². The lowest BCUT2D eigenvalue weighted by Gasteiger charge is -2.03. The summed E-state index contributed by atoms with van der Waals surface area (Å²) in [6.45, 7) is 2.00.